The Labute approximate surface area is 166 Å². The van der Waals surface area contributed by atoms with Gasteiger partial charge in [0.25, 0.3) is 0 Å². The highest BCUT2D eigenvalue weighted by Crippen LogP contribution is 2.31. The Balaban J connectivity index is 2.06. The number of hydrogen-bond donors (Lipinski definition) is 1. The van der Waals surface area contributed by atoms with Gasteiger partial charge in [0.05, 0.1) is 19.5 Å². The van der Waals surface area contributed by atoms with Crippen LogP contribution in [0.3, 0.4) is 0 Å². The van der Waals surface area contributed by atoms with Crippen LogP contribution in [0.25, 0.3) is 0 Å². The average Bonchev–Trinajstić information content (AvgIpc) is 2.63. The Morgan fingerprint density at radius 2 is 1.71 bits per heavy atom. The van der Waals surface area contributed by atoms with Crippen molar-refractivity contribution in [2.45, 2.75) is 39.0 Å². The highest BCUT2D eigenvalue weighted by Gasteiger charge is 2.18. The zero-order valence-corrected chi connectivity index (χ0v) is 17.6. The first-order valence-corrected chi connectivity index (χ1v) is 10.9. The van der Waals surface area contributed by atoms with E-state index in [1.165, 1.54) is 24.3 Å². The Hall–Kier alpha value is -2.12. The fraction of sp³-hybridized carbons (Fsp3) is 0.429. The minimum absolute atomic E-state index is 0.217. The van der Waals surface area contributed by atoms with Crippen LogP contribution in [0.15, 0.2) is 42.5 Å². The van der Waals surface area contributed by atoms with Crippen molar-refractivity contribution < 1.29 is 22.3 Å². The standard InChI is InChI=1S/C21H28FNO4S/c1-15(2)11-12-27-20-10-7-18(13-21(20)26-4)16(3)23-28(24,25)14-17-5-8-19(22)9-6-17/h5-10,13,15-16,23H,11-12,14H2,1-4H3. The summed E-state index contributed by atoms with van der Waals surface area (Å²) in [5.41, 5.74) is 1.28. The fourth-order valence-corrected chi connectivity index (χ4v) is 4.05. The van der Waals surface area contributed by atoms with Crippen LogP contribution >= 0.6 is 0 Å². The van der Waals surface area contributed by atoms with Crippen molar-refractivity contribution in [3.8, 4) is 11.5 Å². The summed E-state index contributed by atoms with van der Waals surface area (Å²) in [6.07, 6.45) is 0.935. The normalized spacial score (nSPS) is 12.8. The molecule has 0 saturated heterocycles. The number of halogens is 1. The molecule has 0 heterocycles. The summed E-state index contributed by atoms with van der Waals surface area (Å²) in [5, 5.41) is 0. The maximum absolute atomic E-state index is 13.0. The number of rotatable bonds is 10. The van der Waals surface area contributed by atoms with E-state index in [9.17, 15) is 12.8 Å². The molecule has 1 N–H and O–H groups in total. The lowest BCUT2D eigenvalue weighted by molar-refractivity contribution is 0.272. The average molecular weight is 410 g/mol. The molecule has 0 bridgehead atoms. The number of benzene rings is 2. The summed E-state index contributed by atoms with van der Waals surface area (Å²) >= 11 is 0. The van der Waals surface area contributed by atoms with E-state index in [1.807, 2.05) is 6.07 Å². The predicted molar refractivity (Wildman–Crippen MR) is 109 cm³/mol. The van der Waals surface area contributed by atoms with Crippen molar-refractivity contribution in [3.05, 3.63) is 59.4 Å². The SMILES string of the molecule is COc1cc(C(C)NS(=O)(=O)Cc2ccc(F)cc2)ccc1OCCC(C)C. The number of hydrogen-bond acceptors (Lipinski definition) is 4. The predicted octanol–water partition coefficient (Wildman–Crippen LogP) is 4.44. The third kappa shape index (κ3) is 6.80. The van der Waals surface area contributed by atoms with Gasteiger partial charge in [0.2, 0.25) is 10.0 Å². The Kier molecular flexibility index (Phi) is 7.83. The molecule has 0 aromatic heterocycles. The first-order chi connectivity index (χ1) is 13.2. The molecule has 2 aromatic rings. The van der Waals surface area contributed by atoms with Gasteiger partial charge in [0, 0.05) is 6.04 Å². The van der Waals surface area contributed by atoms with Crippen LogP contribution in [0.2, 0.25) is 0 Å². The summed E-state index contributed by atoms with van der Waals surface area (Å²) in [6, 6.07) is 10.3. The van der Waals surface area contributed by atoms with Gasteiger partial charge in [-0.05, 0) is 54.7 Å². The molecule has 0 aliphatic heterocycles. The van der Waals surface area contributed by atoms with Crippen LogP contribution in [0.5, 0.6) is 11.5 Å². The molecule has 1 atom stereocenters. The van der Waals surface area contributed by atoms with Crippen LogP contribution < -0.4 is 14.2 Å². The molecular formula is C21H28FNO4S. The van der Waals surface area contributed by atoms with Gasteiger partial charge in [-0.3, -0.25) is 0 Å². The van der Waals surface area contributed by atoms with E-state index in [1.54, 1.807) is 26.2 Å². The summed E-state index contributed by atoms with van der Waals surface area (Å²) in [7, 11) is -2.04. The van der Waals surface area contributed by atoms with Gasteiger partial charge < -0.3 is 9.47 Å². The van der Waals surface area contributed by atoms with Crippen molar-refractivity contribution in [2.75, 3.05) is 13.7 Å². The molecule has 2 rings (SSSR count). The Morgan fingerprint density at radius 1 is 1.04 bits per heavy atom. The van der Waals surface area contributed by atoms with Gasteiger partial charge in [-0.2, -0.15) is 0 Å². The van der Waals surface area contributed by atoms with Crippen molar-refractivity contribution in [3.63, 3.8) is 0 Å². The van der Waals surface area contributed by atoms with E-state index in [0.717, 1.165) is 12.0 Å². The van der Waals surface area contributed by atoms with Gasteiger partial charge >= 0.3 is 0 Å². The van der Waals surface area contributed by atoms with Gasteiger partial charge in [-0.25, -0.2) is 17.5 Å². The molecule has 5 nitrogen and oxygen atoms in total. The summed E-state index contributed by atoms with van der Waals surface area (Å²) in [5.74, 6) is 1.12. The van der Waals surface area contributed by atoms with Gasteiger partial charge in [0.15, 0.2) is 11.5 Å². The molecule has 28 heavy (non-hydrogen) atoms. The van der Waals surface area contributed by atoms with Crippen LogP contribution in [0, 0.1) is 11.7 Å². The number of methoxy groups -OCH3 is 1. The molecule has 0 spiro atoms. The van der Waals surface area contributed by atoms with Crippen molar-refractivity contribution in [1.29, 1.82) is 0 Å². The van der Waals surface area contributed by atoms with E-state index < -0.39 is 21.9 Å². The van der Waals surface area contributed by atoms with Crippen molar-refractivity contribution in [1.82, 2.24) is 4.72 Å². The first-order valence-electron chi connectivity index (χ1n) is 9.25. The molecule has 0 fully saturated rings. The lowest BCUT2D eigenvalue weighted by Crippen LogP contribution is -2.28. The Bertz CT molecular complexity index is 866. The van der Waals surface area contributed by atoms with E-state index >= 15 is 0 Å². The zero-order chi connectivity index (χ0) is 20.7. The highest BCUT2D eigenvalue weighted by molar-refractivity contribution is 7.88. The maximum Gasteiger partial charge on any atom is 0.216 e. The topological polar surface area (TPSA) is 64.6 Å². The summed E-state index contributed by atoms with van der Waals surface area (Å²) < 4.78 is 51.7. The van der Waals surface area contributed by atoms with Crippen LogP contribution in [0.1, 0.15) is 44.4 Å². The third-order valence-corrected chi connectivity index (χ3v) is 5.69. The molecule has 0 aliphatic carbocycles. The smallest absolute Gasteiger partial charge is 0.216 e. The summed E-state index contributed by atoms with van der Waals surface area (Å²) in [4.78, 5) is 0. The largest absolute Gasteiger partial charge is 0.493 e. The Morgan fingerprint density at radius 3 is 2.32 bits per heavy atom. The second kappa shape index (κ2) is 9.89. The summed E-state index contributed by atoms with van der Waals surface area (Å²) in [6.45, 7) is 6.61. The molecule has 1 unspecified atom stereocenters. The number of sulfonamides is 1. The van der Waals surface area contributed by atoms with Gasteiger partial charge in [0.1, 0.15) is 5.82 Å². The van der Waals surface area contributed by atoms with Crippen molar-refractivity contribution in [2.24, 2.45) is 5.92 Å². The molecule has 154 valence electrons. The number of ether oxygens (including phenoxy) is 2. The molecule has 0 radical (unpaired) electrons. The van der Waals surface area contributed by atoms with E-state index in [4.69, 9.17) is 9.47 Å². The van der Waals surface area contributed by atoms with Crippen LogP contribution in [-0.2, 0) is 15.8 Å². The lowest BCUT2D eigenvalue weighted by Gasteiger charge is -2.17. The molecule has 0 saturated carbocycles. The quantitative estimate of drug-likeness (QED) is 0.630. The second-order valence-corrected chi connectivity index (χ2v) is 8.92. The third-order valence-electron chi connectivity index (χ3n) is 4.27. The van der Waals surface area contributed by atoms with Gasteiger partial charge in [-0.15, -0.1) is 0 Å². The molecule has 0 aliphatic rings. The van der Waals surface area contributed by atoms with Gasteiger partial charge in [-0.1, -0.05) is 32.0 Å². The minimum Gasteiger partial charge on any atom is -0.493 e. The molecular weight excluding hydrogens is 381 g/mol. The first kappa shape index (κ1) is 22.2. The second-order valence-electron chi connectivity index (χ2n) is 7.17. The van der Waals surface area contributed by atoms with E-state index in [-0.39, 0.29) is 5.75 Å². The van der Waals surface area contributed by atoms with Crippen molar-refractivity contribution >= 4 is 10.0 Å². The minimum atomic E-state index is -3.59. The fourth-order valence-electron chi connectivity index (χ4n) is 2.66. The monoisotopic (exact) mass is 409 g/mol. The number of nitrogens with one attached hydrogen (secondary N) is 1. The van der Waals surface area contributed by atoms with Crippen LogP contribution in [0.4, 0.5) is 4.39 Å². The van der Waals surface area contributed by atoms with Crippen LogP contribution in [-0.4, -0.2) is 22.1 Å². The van der Waals surface area contributed by atoms with E-state index in [0.29, 0.717) is 29.6 Å². The van der Waals surface area contributed by atoms with E-state index in [2.05, 4.69) is 18.6 Å². The molecule has 7 heteroatoms. The maximum atomic E-state index is 13.0. The molecule has 0 amide bonds. The highest BCUT2D eigenvalue weighted by atomic mass is 32.2. The lowest BCUT2D eigenvalue weighted by atomic mass is 10.1. The molecule has 2 aromatic carbocycles. The zero-order valence-electron chi connectivity index (χ0n) is 16.7.